The molecule has 0 spiro atoms. The van der Waals surface area contributed by atoms with E-state index in [0.29, 0.717) is 16.8 Å². The van der Waals surface area contributed by atoms with Gasteiger partial charge in [-0.3, -0.25) is 0 Å². The molecule has 1 aliphatic rings. The van der Waals surface area contributed by atoms with Gasteiger partial charge in [0.1, 0.15) is 5.75 Å². The van der Waals surface area contributed by atoms with Gasteiger partial charge in [0.2, 0.25) is 5.95 Å². The van der Waals surface area contributed by atoms with E-state index in [4.69, 9.17) is 16.3 Å². The van der Waals surface area contributed by atoms with Crippen molar-refractivity contribution in [3.8, 4) is 5.75 Å². The number of benzene rings is 2. The van der Waals surface area contributed by atoms with Gasteiger partial charge in [-0.25, -0.2) is 0 Å². The van der Waals surface area contributed by atoms with E-state index in [1.165, 1.54) is 5.69 Å². The summed E-state index contributed by atoms with van der Waals surface area (Å²) in [6.07, 6.45) is 1.60. The zero-order valence-electron chi connectivity index (χ0n) is 15.5. The summed E-state index contributed by atoms with van der Waals surface area (Å²) in [5, 5.41) is 12.1. The highest BCUT2D eigenvalue weighted by atomic mass is 35.5. The molecule has 1 aromatic heterocycles. The number of rotatable bonds is 5. The molecule has 1 saturated heterocycles. The summed E-state index contributed by atoms with van der Waals surface area (Å²) in [4.78, 5) is 9.09. The number of aromatic nitrogens is 3. The maximum atomic E-state index is 6.21. The topological polar surface area (TPSA) is 66.4 Å². The first-order valence-electron chi connectivity index (χ1n) is 9.08. The van der Waals surface area contributed by atoms with E-state index < -0.39 is 0 Å². The molecule has 3 aromatic rings. The van der Waals surface area contributed by atoms with Crippen LogP contribution < -0.4 is 19.9 Å². The van der Waals surface area contributed by atoms with Crippen LogP contribution in [0, 0.1) is 0 Å². The Labute approximate surface area is 168 Å². The van der Waals surface area contributed by atoms with Crippen LogP contribution in [0.1, 0.15) is 0 Å². The lowest BCUT2D eigenvalue weighted by Gasteiger charge is -2.36. The largest absolute Gasteiger partial charge is 0.497 e. The van der Waals surface area contributed by atoms with Crippen LogP contribution in [0.2, 0.25) is 5.02 Å². The second kappa shape index (κ2) is 8.31. The number of piperazine rings is 1. The molecule has 0 saturated carbocycles. The van der Waals surface area contributed by atoms with Crippen LogP contribution in [0.5, 0.6) is 5.75 Å². The highest BCUT2D eigenvalue weighted by Crippen LogP contribution is 2.25. The number of hydrogen-bond acceptors (Lipinski definition) is 7. The minimum Gasteiger partial charge on any atom is -0.497 e. The van der Waals surface area contributed by atoms with Gasteiger partial charge in [0, 0.05) is 31.9 Å². The van der Waals surface area contributed by atoms with Crippen LogP contribution >= 0.6 is 11.6 Å². The predicted molar refractivity (Wildman–Crippen MR) is 112 cm³/mol. The van der Waals surface area contributed by atoms with Crippen LogP contribution in [0.3, 0.4) is 0 Å². The Morgan fingerprint density at radius 1 is 0.964 bits per heavy atom. The minimum absolute atomic E-state index is 0.617. The average Bonchev–Trinajstić information content (AvgIpc) is 2.76. The smallest absolute Gasteiger partial charge is 0.247 e. The Balaban J connectivity index is 1.41. The summed E-state index contributed by atoms with van der Waals surface area (Å²) >= 11 is 6.21. The highest BCUT2D eigenvalue weighted by molar-refractivity contribution is 6.33. The monoisotopic (exact) mass is 396 g/mol. The number of nitrogens with zero attached hydrogens (tertiary/aromatic N) is 5. The third kappa shape index (κ3) is 4.09. The molecule has 8 heteroatoms. The molecule has 144 valence electrons. The van der Waals surface area contributed by atoms with Crippen LogP contribution in [0.4, 0.5) is 23.1 Å². The van der Waals surface area contributed by atoms with Crippen molar-refractivity contribution in [3.63, 3.8) is 0 Å². The van der Waals surface area contributed by atoms with E-state index in [2.05, 4.69) is 42.4 Å². The Kier molecular flexibility index (Phi) is 5.43. The van der Waals surface area contributed by atoms with E-state index in [1.807, 2.05) is 36.4 Å². The molecule has 1 N–H and O–H groups in total. The Bertz CT molecular complexity index is 928. The minimum atomic E-state index is 0.617. The molecule has 2 aromatic carbocycles. The molecule has 28 heavy (non-hydrogen) atoms. The lowest BCUT2D eigenvalue weighted by molar-refractivity contribution is 0.415. The van der Waals surface area contributed by atoms with Crippen molar-refractivity contribution >= 4 is 34.7 Å². The summed E-state index contributed by atoms with van der Waals surface area (Å²) in [6, 6.07) is 15.7. The van der Waals surface area contributed by atoms with Crippen LogP contribution in [0.25, 0.3) is 0 Å². The van der Waals surface area contributed by atoms with Crippen molar-refractivity contribution in [2.24, 2.45) is 0 Å². The van der Waals surface area contributed by atoms with Gasteiger partial charge in [-0.2, -0.15) is 10.1 Å². The standard InChI is InChI=1S/C20H21ClN6O/c1-28-16-8-6-15(7-9-16)26-10-12-27(13-11-26)20-24-19(14-22-25-20)23-18-5-3-2-4-17(18)21/h2-9,14H,10-13H2,1H3,(H,23,24,25). The Hall–Kier alpha value is -3.06. The van der Waals surface area contributed by atoms with Crippen molar-refractivity contribution in [1.29, 1.82) is 0 Å². The Morgan fingerprint density at radius 2 is 1.68 bits per heavy atom. The van der Waals surface area contributed by atoms with E-state index in [-0.39, 0.29) is 0 Å². The number of para-hydroxylation sites is 1. The average molecular weight is 397 g/mol. The fourth-order valence-electron chi connectivity index (χ4n) is 3.15. The van der Waals surface area contributed by atoms with Crippen molar-refractivity contribution in [3.05, 3.63) is 59.8 Å². The molecular weight excluding hydrogens is 376 g/mol. The zero-order chi connectivity index (χ0) is 19.3. The quantitative estimate of drug-likeness (QED) is 0.706. The van der Waals surface area contributed by atoms with E-state index in [0.717, 1.165) is 37.6 Å². The molecule has 2 heterocycles. The number of halogens is 1. The van der Waals surface area contributed by atoms with Gasteiger partial charge in [0.15, 0.2) is 5.82 Å². The summed E-state index contributed by atoms with van der Waals surface area (Å²) in [5.74, 6) is 2.10. The number of ether oxygens (including phenoxy) is 1. The first-order valence-corrected chi connectivity index (χ1v) is 9.46. The molecule has 4 rings (SSSR count). The summed E-state index contributed by atoms with van der Waals surface area (Å²) in [6.45, 7) is 3.42. The SMILES string of the molecule is COc1ccc(N2CCN(c3nncc(Nc4ccccc4Cl)n3)CC2)cc1. The number of hydrogen-bond donors (Lipinski definition) is 1. The van der Waals surface area contributed by atoms with Crippen molar-refractivity contribution in [2.75, 3.05) is 48.4 Å². The van der Waals surface area contributed by atoms with Crippen LogP contribution in [0.15, 0.2) is 54.7 Å². The maximum absolute atomic E-state index is 6.21. The second-order valence-electron chi connectivity index (χ2n) is 6.42. The van der Waals surface area contributed by atoms with Gasteiger partial charge >= 0.3 is 0 Å². The third-order valence-corrected chi connectivity index (χ3v) is 5.01. The molecule has 1 fully saturated rings. The second-order valence-corrected chi connectivity index (χ2v) is 6.83. The van der Waals surface area contributed by atoms with Gasteiger partial charge in [-0.1, -0.05) is 23.7 Å². The zero-order valence-corrected chi connectivity index (χ0v) is 16.3. The number of anilines is 4. The fraction of sp³-hybridized carbons (Fsp3) is 0.250. The molecule has 1 aliphatic heterocycles. The Morgan fingerprint density at radius 3 is 2.39 bits per heavy atom. The van der Waals surface area contributed by atoms with E-state index in [1.54, 1.807) is 13.3 Å². The third-order valence-electron chi connectivity index (χ3n) is 4.68. The molecule has 0 amide bonds. The molecule has 0 radical (unpaired) electrons. The lowest BCUT2D eigenvalue weighted by atomic mass is 10.2. The van der Waals surface area contributed by atoms with Crippen LogP contribution in [-0.2, 0) is 0 Å². The highest BCUT2D eigenvalue weighted by Gasteiger charge is 2.20. The molecule has 0 bridgehead atoms. The fourth-order valence-corrected chi connectivity index (χ4v) is 3.33. The maximum Gasteiger partial charge on any atom is 0.247 e. The van der Waals surface area contributed by atoms with Crippen LogP contribution in [-0.4, -0.2) is 48.5 Å². The lowest BCUT2D eigenvalue weighted by Crippen LogP contribution is -2.47. The van der Waals surface area contributed by atoms with E-state index >= 15 is 0 Å². The normalized spacial score (nSPS) is 14.1. The summed E-state index contributed by atoms with van der Waals surface area (Å²) in [5.41, 5.74) is 1.98. The summed E-state index contributed by atoms with van der Waals surface area (Å²) in [7, 11) is 1.68. The molecule has 0 unspecified atom stereocenters. The summed E-state index contributed by atoms with van der Waals surface area (Å²) < 4.78 is 5.23. The number of methoxy groups -OCH3 is 1. The first kappa shape index (κ1) is 18.3. The molecule has 0 aliphatic carbocycles. The van der Waals surface area contributed by atoms with E-state index in [9.17, 15) is 0 Å². The van der Waals surface area contributed by atoms with Gasteiger partial charge in [0.05, 0.1) is 24.0 Å². The molecule has 7 nitrogen and oxygen atoms in total. The van der Waals surface area contributed by atoms with Crippen molar-refractivity contribution < 1.29 is 4.74 Å². The molecular formula is C20H21ClN6O. The van der Waals surface area contributed by atoms with Crippen molar-refractivity contribution in [2.45, 2.75) is 0 Å². The van der Waals surface area contributed by atoms with Gasteiger partial charge in [0.25, 0.3) is 0 Å². The molecule has 0 atom stereocenters. The predicted octanol–water partition coefficient (Wildman–Crippen LogP) is 3.60. The first-order chi connectivity index (χ1) is 13.7. The van der Waals surface area contributed by atoms with Crippen molar-refractivity contribution in [1.82, 2.24) is 15.2 Å². The van der Waals surface area contributed by atoms with Gasteiger partial charge < -0.3 is 19.9 Å². The number of nitrogens with one attached hydrogen (secondary N) is 1. The van der Waals surface area contributed by atoms with Gasteiger partial charge in [-0.05, 0) is 36.4 Å². The van der Waals surface area contributed by atoms with Gasteiger partial charge in [-0.15, -0.1) is 5.10 Å².